The number of ether oxygens (including phenoxy) is 5. The highest BCUT2D eigenvalue weighted by Crippen LogP contribution is 2.45. The molecule has 1 aliphatic heterocycles. The van der Waals surface area contributed by atoms with Crippen LogP contribution < -0.4 is 14.2 Å². The first-order valence-electron chi connectivity index (χ1n) is 17.0. The van der Waals surface area contributed by atoms with Crippen LogP contribution in [0.1, 0.15) is 94.5 Å². The standard InChI is InChI=1S/C41H43BrO11/c1-16-14-27(18(3)19(4)29(16)39(46)52-35-23(8)20(5)31(38(44)45)21(6)24(35)9)51-41(48)32-22(7)25(10)36(33(42)34(32)43)53-40(47)30-17(2)15-28(49-11)26-12-13-50-37(26)30/h14-15,28,30,43H,12-13H2,1-11H3,(H,44,45). The summed E-state index contributed by atoms with van der Waals surface area (Å²) in [6.07, 6.45) is 2.22. The van der Waals surface area contributed by atoms with Crippen LogP contribution in [0.15, 0.2) is 33.5 Å². The molecule has 0 spiro atoms. The Kier molecular flexibility index (Phi) is 11.0. The van der Waals surface area contributed by atoms with E-state index < -0.39 is 35.5 Å². The Labute approximate surface area is 316 Å². The van der Waals surface area contributed by atoms with Crippen molar-refractivity contribution in [2.24, 2.45) is 5.92 Å². The van der Waals surface area contributed by atoms with Gasteiger partial charge < -0.3 is 33.9 Å². The molecule has 3 aromatic carbocycles. The Balaban J connectivity index is 1.42. The van der Waals surface area contributed by atoms with Crippen LogP contribution in [0.2, 0.25) is 0 Å². The van der Waals surface area contributed by atoms with E-state index in [1.165, 1.54) is 0 Å². The van der Waals surface area contributed by atoms with E-state index in [9.17, 15) is 29.4 Å². The number of methoxy groups -OCH3 is 1. The van der Waals surface area contributed by atoms with Crippen molar-refractivity contribution in [1.82, 2.24) is 0 Å². The lowest BCUT2D eigenvalue weighted by Gasteiger charge is -2.27. The van der Waals surface area contributed by atoms with Gasteiger partial charge in [0.05, 0.1) is 17.7 Å². The second kappa shape index (κ2) is 14.8. The molecule has 0 saturated carbocycles. The highest BCUT2D eigenvalue weighted by Gasteiger charge is 2.40. The summed E-state index contributed by atoms with van der Waals surface area (Å²) in [5.74, 6) is -3.38. The summed E-state index contributed by atoms with van der Waals surface area (Å²) in [4.78, 5) is 52.9. The van der Waals surface area contributed by atoms with Crippen LogP contribution in [0, 0.1) is 68.2 Å². The van der Waals surface area contributed by atoms with E-state index in [0.29, 0.717) is 80.2 Å². The molecule has 53 heavy (non-hydrogen) atoms. The van der Waals surface area contributed by atoms with Gasteiger partial charge in [0.2, 0.25) is 0 Å². The molecule has 280 valence electrons. The molecule has 2 aliphatic rings. The fourth-order valence-electron chi connectivity index (χ4n) is 7.14. The summed E-state index contributed by atoms with van der Waals surface area (Å²) in [5.41, 5.74) is 6.27. The number of hydrogen-bond donors (Lipinski definition) is 2. The molecule has 0 fully saturated rings. The van der Waals surface area contributed by atoms with Crippen molar-refractivity contribution in [3.05, 3.63) is 100 Å². The normalized spacial score (nSPS) is 16.5. The fourth-order valence-corrected chi connectivity index (χ4v) is 7.72. The van der Waals surface area contributed by atoms with Gasteiger partial charge in [-0.2, -0.15) is 0 Å². The van der Waals surface area contributed by atoms with Crippen molar-refractivity contribution in [3.63, 3.8) is 0 Å². The van der Waals surface area contributed by atoms with Crippen LogP contribution in [0.4, 0.5) is 0 Å². The molecule has 0 amide bonds. The summed E-state index contributed by atoms with van der Waals surface area (Å²) in [7, 11) is 1.60. The predicted molar refractivity (Wildman–Crippen MR) is 199 cm³/mol. The van der Waals surface area contributed by atoms with Gasteiger partial charge in [-0.3, -0.25) is 4.79 Å². The number of carbonyl (C=O) groups is 4. The van der Waals surface area contributed by atoms with Crippen molar-refractivity contribution in [2.45, 2.75) is 81.8 Å². The number of carbonyl (C=O) groups excluding carboxylic acids is 3. The van der Waals surface area contributed by atoms with Gasteiger partial charge in [0.1, 0.15) is 45.1 Å². The van der Waals surface area contributed by atoms with Crippen molar-refractivity contribution in [2.75, 3.05) is 13.7 Å². The van der Waals surface area contributed by atoms with Crippen LogP contribution in [0.3, 0.4) is 0 Å². The zero-order chi connectivity index (χ0) is 39.4. The average Bonchev–Trinajstić information content (AvgIpc) is 3.58. The van der Waals surface area contributed by atoms with E-state index in [1.54, 1.807) is 82.4 Å². The van der Waals surface area contributed by atoms with Gasteiger partial charge in [0.15, 0.2) is 5.75 Å². The minimum atomic E-state index is -1.05. The van der Waals surface area contributed by atoms with Crippen molar-refractivity contribution < 1.29 is 53.1 Å². The first-order valence-corrected chi connectivity index (χ1v) is 17.8. The third-order valence-electron chi connectivity index (χ3n) is 10.7. The monoisotopic (exact) mass is 790 g/mol. The molecule has 0 bridgehead atoms. The van der Waals surface area contributed by atoms with Gasteiger partial charge in [0.25, 0.3) is 0 Å². The van der Waals surface area contributed by atoms with Gasteiger partial charge in [-0.25, -0.2) is 14.4 Å². The number of halogens is 1. The van der Waals surface area contributed by atoms with Gasteiger partial charge >= 0.3 is 23.9 Å². The van der Waals surface area contributed by atoms with Crippen LogP contribution in [-0.4, -0.2) is 53.9 Å². The first-order chi connectivity index (χ1) is 24.8. The van der Waals surface area contributed by atoms with E-state index in [4.69, 9.17) is 23.7 Å². The zero-order valence-corrected chi connectivity index (χ0v) is 33.3. The van der Waals surface area contributed by atoms with Gasteiger partial charge in [-0.05, 0) is 141 Å². The molecule has 0 aromatic heterocycles. The van der Waals surface area contributed by atoms with Crippen molar-refractivity contribution >= 4 is 39.8 Å². The molecule has 1 aliphatic carbocycles. The molecule has 11 nitrogen and oxygen atoms in total. The van der Waals surface area contributed by atoms with E-state index >= 15 is 0 Å². The van der Waals surface area contributed by atoms with Crippen LogP contribution in [-0.2, 0) is 14.3 Å². The molecule has 3 aromatic rings. The second-order valence-electron chi connectivity index (χ2n) is 13.6. The highest BCUT2D eigenvalue weighted by atomic mass is 79.9. The highest BCUT2D eigenvalue weighted by molar-refractivity contribution is 9.10. The van der Waals surface area contributed by atoms with Crippen molar-refractivity contribution in [3.8, 4) is 23.0 Å². The molecule has 12 heteroatoms. The van der Waals surface area contributed by atoms with E-state index in [0.717, 1.165) is 5.57 Å². The van der Waals surface area contributed by atoms with E-state index in [1.807, 2.05) is 6.08 Å². The lowest BCUT2D eigenvalue weighted by Crippen LogP contribution is -2.30. The average molecular weight is 792 g/mol. The smallest absolute Gasteiger partial charge is 0.347 e. The molecule has 2 atom stereocenters. The quantitative estimate of drug-likeness (QED) is 0.129. The Bertz CT molecular complexity index is 2130. The van der Waals surface area contributed by atoms with Crippen LogP contribution in [0.5, 0.6) is 23.0 Å². The van der Waals surface area contributed by atoms with E-state index in [-0.39, 0.29) is 38.8 Å². The molecule has 0 radical (unpaired) electrons. The number of aryl methyl sites for hydroxylation is 1. The maximum Gasteiger partial charge on any atom is 0.347 e. The molecular formula is C41H43BrO11. The third-order valence-corrected chi connectivity index (χ3v) is 11.4. The number of rotatable bonds is 8. The summed E-state index contributed by atoms with van der Waals surface area (Å²) in [6.45, 7) is 17.4. The van der Waals surface area contributed by atoms with Gasteiger partial charge in [-0.15, -0.1) is 0 Å². The number of phenols is 1. The molecule has 2 unspecified atom stereocenters. The number of aromatic hydroxyl groups is 1. The van der Waals surface area contributed by atoms with Gasteiger partial charge in [0, 0.05) is 19.1 Å². The SMILES string of the molecule is COC1C=C(C)C(C(=O)Oc2c(C)c(C)c(C(=O)Oc3cc(C)c(C(=O)Oc4c(C)c(C)c(C(=O)O)c(C)c4C)c(C)c3C)c(O)c2Br)C2=C1CCO2. The first kappa shape index (κ1) is 39.3. The Morgan fingerprint density at radius 3 is 1.87 bits per heavy atom. The molecule has 1 heterocycles. The number of carboxylic acid groups (broad SMARTS) is 1. The maximum atomic E-state index is 13.7. The summed E-state index contributed by atoms with van der Waals surface area (Å²) >= 11 is 3.34. The molecular weight excluding hydrogens is 748 g/mol. The third kappa shape index (κ3) is 6.74. The van der Waals surface area contributed by atoms with Crippen LogP contribution >= 0.6 is 15.9 Å². The Morgan fingerprint density at radius 1 is 0.736 bits per heavy atom. The Morgan fingerprint density at radius 2 is 1.28 bits per heavy atom. The largest absolute Gasteiger partial charge is 0.506 e. The maximum absolute atomic E-state index is 13.7. The summed E-state index contributed by atoms with van der Waals surface area (Å²) < 4.78 is 29.0. The Hall–Kier alpha value is -4.94. The molecule has 5 rings (SSSR count). The molecule has 0 saturated heterocycles. The lowest BCUT2D eigenvalue weighted by molar-refractivity contribution is -0.137. The van der Waals surface area contributed by atoms with Gasteiger partial charge in [-0.1, -0.05) is 11.6 Å². The summed E-state index contributed by atoms with van der Waals surface area (Å²) in [5, 5.41) is 21.0. The number of carboxylic acids is 1. The fraction of sp³-hybridized carbons (Fsp3) is 0.366. The summed E-state index contributed by atoms with van der Waals surface area (Å²) in [6, 6.07) is 1.55. The minimum Gasteiger partial charge on any atom is -0.506 e. The lowest BCUT2D eigenvalue weighted by atomic mass is 9.86. The van der Waals surface area contributed by atoms with Crippen molar-refractivity contribution in [1.29, 1.82) is 0 Å². The number of phenolic OH excluding ortho intramolecular Hbond substituents is 1. The molecule has 2 N–H and O–H groups in total. The number of benzene rings is 3. The number of esters is 3. The number of hydrogen-bond acceptors (Lipinski definition) is 10. The minimum absolute atomic E-state index is 0.00396. The predicted octanol–water partition coefficient (Wildman–Crippen LogP) is 8.24. The second-order valence-corrected chi connectivity index (χ2v) is 14.4. The topological polar surface area (TPSA) is 155 Å². The zero-order valence-electron chi connectivity index (χ0n) is 31.7. The van der Waals surface area contributed by atoms with E-state index in [2.05, 4.69) is 15.9 Å². The number of aromatic carboxylic acids is 1. The van der Waals surface area contributed by atoms with Crippen LogP contribution in [0.25, 0.3) is 0 Å².